The van der Waals surface area contributed by atoms with Crippen LogP contribution < -0.4 is 5.32 Å². The first-order chi connectivity index (χ1) is 6.61. The van der Waals surface area contributed by atoms with Crippen LogP contribution in [0.15, 0.2) is 16.6 Å². The predicted molar refractivity (Wildman–Crippen MR) is 56.1 cm³/mol. The minimum atomic E-state index is -0.522. The van der Waals surface area contributed by atoms with Gasteiger partial charge in [-0.2, -0.15) is 0 Å². The third-order valence-electron chi connectivity index (χ3n) is 2.18. The van der Waals surface area contributed by atoms with Gasteiger partial charge < -0.3 is 5.32 Å². The van der Waals surface area contributed by atoms with Crippen LogP contribution in [0.2, 0.25) is 0 Å². The van der Waals surface area contributed by atoms with E-state index in [4.69, 9.17) is 0 Å². The molecule has 0 spiro atoms. The van der Waals surface area contributed by atoms with Gasteiger partial charge in [-0.05, 0) is 41.5 Å². The molecule has 0 saturated carbocycles. The quantitative estimate of drug-likeness (QED) is 0.825. The fourth-order valence-corrected chi connectivity index (χ4v) is 1.76. The lowest BCUT2D eigenvalue weighted by Gasteiger charge is -2.16. The van der Waals surface area contributed by atoms with E-state index in [1.54, 1.807) is 7.05 Å². The first-order valence-corrected chi connectivity index (χ1v) is 5.21. The molecular formula is C10H12BrF2N. The standard InChI is InChI=1S/C10H12BrF2N/c1-3-8(14-2)9-7(12)5-4-6(11)10(9)13/h4-5,8,14H,3H2,1-2H3. The maximum atomic E-state index is 13.6. The normalized spacial score (nSPS) is 12.9. The smallest absolute Gasteiger partial charge is 0.145 e. The summed E-state index contributed by atoms with van der Waals surface area (Å²) in [6.45, 7) is 1.88. The maximum absolute atomic E-state index is 13.6. The van der Waals surface area contributed by atoms with Crippen LogP contribution >= 0.6 is 15.9 Å². The second kappa shape index (κ2) is 4.84. The van der Waals surface area contributed by atoms with E-state index in [1.807, 2.05) is 6.92 Å². The monoisotopic (exact) mass is 263 g/mol. The van der Waals surface area contributed by atoms with E-state index in [0.29, 0.717) is 10.9 Å². The summed E-state index contributed by atoms with van der Waals surface area (Å²) in [5.41, 5.74) is 0.101. The van der Waals surface area contributed by atoms with Crippen LogP contribution in [0.25, 0.3) is 0 Å². The maximum Gasteiger partial charge on any atom is 0.145 e. The van der Waals surface area contributed by atoms with E-state index < -0.39 is 11.6 Å². The van der Waals surface area contributed by atoms with Gasteiger partial charge in [0.25, 0.3) is 0 Å². The molecule has 4 heteroatoms. The number of hydrogen-bond acceptors (Lipinski definition) is 1. The molecule has 0 radical (unpaired) electrons. The SMILES string of the molecule is CCC(NC)c1c(F)ccc(Br)c1F. The molecule has 0 amide bonds. The van der Waals surface area contributed by atoms with E-state index in [9.17, 15) is 8.78 Å². The van der Waals surface area contributed by atoms with Crippen LogP contribution in [-0.2, 0) is 0 Å². The third kappa shape index (κ3) is 2.12. The van der Waals surface area contributed by atoms with Crippen LogP contribution in [0.3, 0.4) is 0 Å². The summed E-state index contributed by atoms with van der Waals surface area (Å²) in [6.07, 6.45) is 0.640. The summed E-state index contributed by atoms with van der Waals surface area (Å²) < 4.78 is 27.2. The molecule has 78 valence electrons. The molecule has 0 aliphatic rings. The molecule has 1 aromatic carbocycles. The highest BCUT2D eigenvalue weighted by Gasteiger charge is 2.18. The third-order valence-corrected chi connectivity index (χ3v) is 2.80. The Balaban J connectivity index is 3.23. The second-order valence-electron chi connectivity index (χ2n) is 3.01. The zero-order valence-electron chi connectivity index (χ0n) is 8.07. The average molecular weight is 264 g/mol. The lowest BCUT2D eigenvalue weighted by Crippen LogP contribution is -2.18. The number of hydrogen-bond donors (Lipinski definition) is 1. The molecule has 0 saturated heterocycles. The van der Waals surface area contributed by atoms with Crippen molar-refractivity contribution in [2.75, 3.05) is 7.05 Å². The topological polar surface area (TPSA) is 12.0 Å². The van der Waals surface area contributed by atoms with Gasteiger partial charge in [0, 0.05) is 11.6 Å². The fourth-order valence-electron chi connectivity index (χ4n) is 1.41. The fraction of sp³-hybridized carbons (Fsp3) is 0.400. The zero-order chi connectivity index (χ0) is 10.7. The Labute approximate surface area is 90.6 Å². The number of benzene rings is 1. The van der Waals surface area contributed by atoms with Crippen LogP contribution in [0.5, 0.6) is 0 Å². The van der Waals surface area contributed by atoms with Crippen molar-refractivity contribution >= 4 is 15.9 Å². The minimum Gasteiger partial charge on any atom is -0.313 e. The Kier molecular flexibility index (Phi) is 4.01. The molecule has 1 unspecified atom stereocenters. The average Bonchev–Trinajstić information content (AvgIpc) is 2.19. The van der Waals surface area contributed by atoms with Crippen LogP contribution in [-0.4, -0.2) is 7.05 Å². The molecule has 1 aromatic rings. The molecule has 1 rings (SSSR count). The van der Waals surface area contributed by atoms with Crippen molar-refractivity contribution in [2.45, 2.75) is 19.4 Å². The van der Waals surface area contributed by atoms with Gasteiger partial charge in [-0.3, -0.25) is 0 Å². The minimum absolute atomic E-state index is 0.101. The molecule has 0 bridgehead atoms. The van der Waals surface area contributed by atoms with E-state index in [2.05, 4.69) is 21.2 Å². The Morgan fingerprint density at radius 1 is 1.43 bits per heavy atom. The first kappa shape index (κ1) is 11.6. The molecular weight excluding hydrogens is 252 g/mol. The summed E-state index contributed by atoms with van der Waals surface area (Å²) >= 11 is 3.04. The van der Waals surface area contributed by atoms with E-state index in [0.717, 1.165) is 0 Å². The summed E-state index contributed by atoms with van der Waals surface area (Å²) in [4.78, 5) is 0. The van der Waals surface area contributed by atoms with Crippen molar-refractivity contribution in [2.24, 2.45) is 0 Å². The van der Waals surface area contributed by atoms with Crippen LogP contribution in [0.4, 0.5) is 8.78 Å². The molecule has 14 heavy (non-hydrogen) atoms. The highest BCUT2D eigenvalue weighted by Crippen LogP contribution is 2.27. The van der Waals surface area contributed by atoms with E-state index in [1.165, 1.54) is 12.1 Å². The van der Waals surface area contributed by atoms with Crippen molar-refractivity contribution in [3.63, 3.8) is 0 Å². The lowest BCUT2D eigenvalue weighted by molar-refractivity contribution is 0.480. The Morgan fingerprint density at radius 3 is 2.57 bits per heavy atom. The Hall–Kier alpha value is -0.480. The first-order valence-electron chi connectivity index (χ1n) is 4.42. The van der Waals surface area contributed by atoms with Gasteiger partial charge in [-0.1, -0.05) is 6.92 Å². The summed E-state index contributed by atoms with van der Waals surface area (Å²) in [5.74, 6) is -1.03. The molecule has 1 N–H and O–H groups in total. The summed E-state index contributed by atoms with van der Waals surface area (Å²) in [7, 11) is 1.69. The van der Waals surface area contributed by atoms with Gasteiger partial charge in [0.15, 0.2) is 0 Å². The molecule has 0 fully saturated rings. The Morgan fingerprint density at radius 2 is 2.07 bits per heavy atom. The second-order valence-corrected chi connectivity index (χ2v) is 3.86. The van der Waals surface area contributed by atoms with Crippen LogP contribution in [0.1, 0.15) is 24.9 Å². The van der Waals surface area contributed by atoms with Crippen LogP contribution in [0, 0.1) is 11.6 Å². The lowest BCUT2D eigenvalue weighted by atomic mass is 10.0. The van der Waals surface area contributed by atoms with E-state index >= 15 is 0 Å². The highest BCUT2D eigenvalue weighted by molar-refractivity contribution is 9.10. The molecule has 0 heterocycles. The molecule has 1 nitrogen and oxygen atoms in total. The van der Waals surface area contributed by atoms with Gasteiger partial charge in [-0.15, -0.1) is 0 Å². The Bertz CT molecular complexity index is 324. The van der Waals surface area contributed by atoms with Gasteiger partial charge in [-0.25, -0.2) is 8.78 Å². The van der Waals surface area contributed by atoms with Crippen molar-refractivity contribution in [1.82, 2.24) is 5.32 Å². The molecule has 0 aliphatic heterocycles. The van der Waals surface area contributed by atoms with Gasteiger partial charge in [0.05, 0.1) is 4.47 Å². The largest absolute Gasteiger partial charge is 0.313 e. The van der Waals surface area contributed by atoms with E-state index in [-0.39, 0.29) is 11.6 Å². The van der Waals surface area contributed by atoms with Gasteiger partial charge in [0.2, 0.25) is 0 Å². The predicted octanol–water partition coefficient (Wildman–Crippen LogP) is 3.40. The molecule has 1 atom stereocenters. The van der Waals surface area contributed by atoms with Gasteiger partial charge in [0.1, 0.15) is 11.6 Å². The zero-order valence-corrected chi connectivity index (χ0v) is 9.66. The number of rotatable bonds is 3. The number of halogens is 3. The van der Waals surface area contributed by atoms with Crippen molar-refractivity contribution in [1.29, 1.82) is 0 Å². The molecule has 0 aliphatic carbocycles. The van der Waals surface area contributed by atoms with Crippen molar-refractivity contribution in [3.8, 4) is 0 Å². The number of nitrogens with one attached hydrogen (secondary N) is 1. The summed E-state index contributed by atoms with van der Waals surface area (Å²) in [5, 5.41) is 2.88. The highest BCUT2D eigenvalue weighted by atomic mass is 79.9. The van der Waals surface area contributed by atoms with Gasteiger partial charge >= 0.3 is 0 Å². The summed E-state index contributed by atoms with van der Waals surface area (Å²) in [6, 6.07) is 2.35. The van der Waals surface area contributed by atoms with Crippen molar-refractivity contribution in [3.05, 3.63) is 33.8 Å². The molecule has 0 aromatic heterocycles. The van der Waals surface area contributed by atoms with Crippen molar-refractivity contribution < 1.29 is 8.78 Å².